The average Bonchev–Trinajstić information content (AvgIpc) is 2.84. The van der Waals surface area contributed by atoms with Gasteiger partial charge in [-0.2, -0.15) is 0 Å². The summed E-state index contributed by atoms with van der Waals surface area (Å²) < 4.78 is 5.57. The van der Waals surface area contributed by atoms with Gasteiger partial charge in [0.15, 0.2) is 5.41 Å². The summed E-state index contributed by atoms with van der Waals surface area (Å²) in [6, 6.07) is 12.3. The highest BCUT2D eigenvalue weighted by Crippen LogP contribution is 2.48. The van der Waals surface area contributed by atoms with Crippen molar-refractivity contribution in [3.63, 3.8) is 0 Å². The van der Waals surface area contributed by atoms with Gasteiger partial charge in [-0.1, -0.05) is 12.1 Å². The lowest BCUT2D eigenvalue weighted by molar-refractivity contribution is -0.159. The minimum atomic E-state index is -1.43. The molecule has 3 aliphatic rings. The molecule has 9 nitrogen and oxygen atoms in total. The molecule has 2 aromatic rings. The number of methoxy groups -OCH3 is 1. The zero-order valence-corrected chi connectivity index (χ0v) is 18.9. The van der Waals surface area contributed by atoms with Crippen LogP contribution in [0.1, 0.15) is 5.56 Å². The number of anilines is 3. The van der Waals surface area contributed by atoms with E-state index < -0.39 is 29.3 Å². The summed E-state index contributed by atoms with van der Waals surface area (Å²) in [5.41, 5.74) is 7.92. The number of carbonyl (C=O) groups excluding carboxylic acids is 3. The number of amides is 4. The highest BCUT2D eigenvalue weighted by atomic mass is 16.5. The fraction of sp³-hybridized carbons (Fsp3) is 0.375. The van der Waals surface area contributed by atoms with Gasteiger partial charge in [-0.3, -0.25) is 19.4 Å². The molecule has 0 aliphatic carbocycles. The average molecular weight is 450 g/mol. The number of piperazine rings is 1. The van der Waals surface area contributed by atoms with Crippen LogP contribution in [0.5, 0.6) is 5.75 Å². The number of ether oxygens (including phenoxy) is 1. The Morgan fingerprint density at radius 2 is 1.67 bits per heavy atom. The van der Waals surface area contributed by atoms with Crippen LogP contribution in [0.3, 0.4) is 0 Å². The second kappa shape index (κ2) is 7.40. The second-order valence-corrected chi connectivity index (χ2v) is 8.87. The zero-order chi connectivity index (χ0) is 23.5. The summed E-state index contributed by atoms with van der Waals surface area (Å²) in [4.78, 5) is 46.5. The van der Waals surface area contributed by atoms with Gasteiger partial charge in [-0.05, 0) is 42.3 Å². The van der Waals surface area contributed by atoms with Gasteiger partial charge in [0.05, 0.1) is 18.8 Å². The molecule has 4 amide bonds. The Kier molecular flexibility index (Phi) is 4.73. The molecule has 0 radical (unpaired) electrons. The van der Waals surface area contributed by atoms with Gasteiger partial charge in [0.25, 0.3) is 0 Å². The van der Waals surface area contributed by atoms with E-state index in [4.69, 9.17) is 10.5 Å². The lowest BCUT2D eigenvalue weighted by atomic mass is 9.67. The van der Waals surface area contributed by atoms with Crippen molar-refractivity contribution in [3.8, 4) is 5.75 Å². The Morgan fingerprint density at radius 1 is 0.970 bits per heavy atom. The standard InChI is InChI=1S/C24H27N5O4/c1-26-21(30)24(22(31)27(2)23(26)32)13-15-12-16(25)8-9-17(15)29-11-10-28(14-20(24)29)18-6-4-5-7-19(18)33-3/h4-9,12,20H,10-11,13-14,25H2,1-3H3. The van der Waals surface area contributed by atoms with E-state index in [0.29, 0.717) is 25.3 Å². The van der Waals surface area contributed by atoms with Crippen molar-refractivity contribution in [3.05, 3.63) is 48.0 Å². The van der Waals surface area contributed by atoms with Crippen molar-refractivity contribution in [2.45, 2.75) is 12.5 Å². The lowest BCUT2D eigenvalue weighted by Gasteiger charge is -2.56. The number of para-hydroxylation sites is 2. The van der Waals surface area contributed by atoms with Crippen LogP contribution in [0.15, 0.2) is 42.5 Å². The summed E-state index contributed by atoms with van der Waals surface area (Å²) in [7, 11) is 4.51. The SMILES string of the molecule is COc1ccccc1N1CCN2c3ccc(N)cc3CC3(C(=O)N(C)C(=O)N(C)C3=O)C2C1. The predicted molar refractivity (Wildman–Crippen MR) is 124 cm³/mol. The number of hydrogen-bond donors (Lipinski definition) is 1. The largest absolute Gasteiger partial charge is 0.495 e. The first-order valence-corrected chi connectivity index (χ1v) is 10.9. The van der Waals surface area contributed by atoms with E-state index in [1.807, 2.05) is 42.5 Å². The number of fused-ring (bicyclic) bond motifs is 4. The molecule has 2 N–H and O–H groups in total. The number of nitrogens with two attached hydrogens (primary N) is 1. The number of rotatable bonds is 2. The van der Waals surface area contributed by atoms with E-state index in [1.54, 1.807) is 7.11 Å². The third-order valence-corrected chi connectivity index (χ3v) is 7.20. The fourth-order valence-electron chi connectivity index (χ4n) is 5.57. The molecule has 172 valence electrons. The zero-order valence-electron chi connectivity index (χ0n) is 18.9. The van der Waals surface area contributed by atoms with Crippen LogP contribution in [-0.2, 0) is 16.0 Å². The summed E-state index contributed by atoms with van der Waals surface area (Å²) in [5, 5.41) is 0. The van der Waals surface area contributed by atoms with Gasteiger partial charge in [-0.15, -0.1) is 0 Å². The van der Waals surface area contributed by atoms with Crippen molar-refractivity contribution in [1.29, 1.82) is 0 Å². The van der Waals surface area contributed by atoms with Crippen molar-refractivity contribution in [1.82, 2.24) is 9.80 Å². The first kappa shape index (κ1) is 21.1. The molecule has 5 rings (SSSR count). The molecule has 2 aromatic carbocycles. The van der Waals surface area contributed by atoms with E-state index in [-0.39, 0.29) is 6.42 Å². The highest BCUT2D eigenvalue weighted by molar-refractivity contribution is 6.20. The number of nitrogens with zero attached hydrogens (tertiary/aromatic N) is 4. The van der Waals surface area contributed by atoms with Crippen molar-refractivity contribution >= 4 is 34.9 Å². The monoisotopic (exact) mass is 449 g/mol. The minimum absolute atomic E-state index is 0.188. The van der Waals surface area contributed by atoms with E-state index in [1.165, 1.54) is 14.1 Å². The van der Waals surface area contributed by atoms with E-state index in [9.17, 15) is 14.4 Å². The smallest absolute Gasteiger partial charge is 0.332 e. The Hall–Kier alpha value is -3.75. The molecule has 2 fully saturated rings. The molecule has 0 aromatic heterocycles. The van der Waals surface area contributed by atoms with Gasteiger partial charge in [-0.25, -0.2) is 4.79 Å². The Labute approximate surface area is 192 Å². The van der Waals surface area contributed by atoms with Crippen LogP contribution in [0, 0.1) is 5.41 Å². The summed E-state index contributed by atoms with van der Waals surface area (Å²) in [6.07, 6.45) is 0.188. The number of benzene rings is 2. The molecule has 3 aliphatic heterocycles. The van der Waals surface area contributed by atoms with Gasteiger partial charge in [0.1, 0.15) is 5.75 Å². The molecule has 0 bridgehead atoms. The molecule has 0 saturated carbocycles. The number of hydrogen-bond acceptors (Lipinski definition) is 7. The van der Waals surface area contributed by atoms with Crippen LogP contribution in [0.25, 0.3) is 0 Å². The van der Waals surface area contributed by atoms with Crippen LogP contribution in [0.2, 0.25) is 0 Å². The second-order valence-electron chi connectivity index (χ2n) is 8.87. The number of barbiturate groups is 1. The van der Waals surface area contributed by atoms with Crippen LogP contribution < -0.4 is 20.3 Å². The molecular formula is C24H27N5O4. The molecule has 9 heteroatoms. The van der Waals surface area contributed by atoms with Gasteiger partial charge in [0.2, 0.25) is 11.8 Å². The van der Waals surface area contributed by atoms with E-state index in [2.05, 4.69) is 9.80 Å². The van der Waals surface area contributed by atoms with Crippen LogP contribution in [0.4, 0.5) is 21.9 Å². The normalized spacial score (nSPS) is 21.9. The van der Waals surface area contributed by atoms with Gasteiger partial charge < -0.3 is 20.3 Å². The minimum Gasteiger partial charge on any atom is -0.495 e. The third-order valence-electron chi connectivity index (χ3n) is 7.20. The lowest BCUT2D eigenvalue weighted by Crippen LogP contribution is -2.74. The number of nitrogen functional groups attached to an aromatic ring is 1. The van der Waals surface area contributed by atoms with E-state index >= 15 is 0 Å². The quantitative estimate of drug-likeness (QED) is 0.549. The fourth-order valence-corrected chi connectivity index (χ4v) is 5.57. The topological polar surface area (TPSA) is 99.4 Å². The maximum atomic E-state index is 13.7. The first-order valence-electron chi connectivity index (χ1n) is 10.9. The molecule has 2 saturated heterocycles. The summed E-state index contributed by atoms with van der Waals surface area (Å²) in [5.74, 6) is -0.212. The predicted octanol–water partition coefficient (Wildman–Crippen LogP) is 1.57. The highest BCUT2D eigenvalue weighted by Gasteiger charge is 2.64. The molecule has 1 unspecified atom stereocenters. The molecular weight excluding hydrogens is 422 g/mol. The van der Waals surface area contributed by atoms with Crippen molar-refractivity contribution in [2.24, 2.45) is 5.41 Å². The van der Waals surface area contributed by atoms with Crippen LogP contribution >= 0.6 is 0 Å². The Balaban J connectivity index is 1.66. The van der Waals surface area contributed by atoms with Crippen LogP contribution in [-0.4, -0.2) is 74.5 Å². The van der Waals surface area contributed by atoms with Crippen molar-refractivity contribution in [2.75, 3.05) is 56.4 Å². The Morgan fingerprint density at radius 3 is 2.36 bits per heavy atom. The molecule has 33 heavy (non-hydrogen) atoms. The summed E-state index contributed by atoms with van der Waals surface area (Å²) >= 11 is 0. The molecule has 1 spiro atoms. The Bertz CT molecular complexity index is 1140. The summed E-state index contributed by atoms with van der Waals surface area (Å²) in [6.45, 7) is 1.71. The number of carbonyl (C=O) groups is 3. The molecule has 1 atom stereocenters. The maximum absolute atomic E-state index is 13.7. The number of urea groups is 1. The first-order chi connectivity index (χ1) is 15.8. The van der Waals surface area contributed by atoms with Gasteiger partial charge in [0, 0.05) is 45.1 Å². The van der Waals surface area contributed by atoms with Gasteiger partial charge >= 0.3 is 6.03 Å². The maximum Gasteiger partial charge on any atom is 0.332 e. The third kappa shape index (κ3) is 2.88. The van der Waals surface area contributed by atoms with Crippen molar-refractivity contribution < 1.29 is 19.1 Å². The van der Waals surface area contributed by atoms with E-state index in [0.717, 1.165) is 32.5 Å². The molecule has 3 heterocycles. The number of imide groups is 2.